The van der Waals surface area contributed by atoms with Gasteiger partial charge in [-0.05, 0) is 43.0 Å². The van der Waals surface area contributed by atoms with Crippen molar-refractivity contribution in [2.45, 2.75) is 26.3 Å². The Balaban J connectivity index is 1.93. The lowest BCUT2D eigenvalue weighted by Gasteiger charge is -2.30. The van der Waals surface area contributed by atoms with Crippen molar-refractivity contribution < 1.29 is 4.39 Å². The Bertz CT molecular complexity index is 307. The Hall–Kier alpha value is -0.890. The van der Waals surface area contributed by atoms with Crippen molar-refractivity contribution in [3.05, 3.63) is 35.6 Å². The second-order valence-corrected chi connectivity index (χ2v) is 4.61. The number of hydrogen-bond acceptors (Lipinski definition) is 1. The Morgan fingerprint density at radius 2 is 2.07 bits per heavy atom. The summed E-state index contributed by atoms with van der Waals surface area (Å²) in [6, 6.07) is 6.86. The molecule has 1 aromatic carbocycles. The molecule has 82 valence electrons. The molecule has 1 saturated heterocycles. The van der Waals surface area contributed by atoms with Gasteiger partial charge in [0.05, 0.1) is 0 Å². The third-order valence-electron chi connectivity index (χ3n) is 3.06. The smallest absolute Gasteiger partial charge is 0.123 e. The summed E-state index contributed by atoms with van der Waals surface area (Å²) in [6.07, 6.45) is 2.64. The van der Waals surface area contributed by atoms with E-state index < -0.39 is 0 Å². The van der Waals surface area contributed by atoms with Crippen LogP contribution in [0.5, 0.6) is 0 Å². The fourth-order valence-electron chi connectivity index (χ4n) is 2.28. The molecule has 1 fully saturated rings. The fraction of sp³-hybridized carbons (Fsp3) is 0.538. The van der Waals surface area contributed by atoms with Crippen LogP contribution in [0.1, 0.15) is 25.3 Å². The predicted molar refractivity (Wildman–Crippen MR) is 60.1 cm³/mol. The number of rotatable bonds is 2. The van der Waals surface area contributed by atoms with E-state index in [1.165, 1.54) is 31.5 Å². The fourth-order valence-corrected chi connectivity index (χ4v) is 2.28. The lowest BCUT2D eigenvalue weighted by atomic mass is 10.00. The van der Waals surface area contributed by atoms with Crippen molar-refractivity contribution in [2.24, 2.45) is 5.92 Å². The van der Waals surface area contributed by atoms with Gasteiger partial charge in [-0.25, -0.2) is 4.39 Å². The largest absolute Gasteiger partial charge is 0.299 e. The number of halogens is 1. The summed E-state index contributed by atoms with van der Waals surface area (Å²) in [5.74, 6) is 0.657. The minimum Gasteiger partial charge on any atom is -0.299 e. The predicted octanol–water partition coefficient (Wildman–Crippen LogP) is 3.06. The zero-order chi connectivity index (χ0) is 10.7. The molecule has 1 aliphatic rings. The lowest BCUT2D eigenvalue weighted by molar-refractivity contribution is 0.176. The zero-order valence-electron chi connectivity index (χ0n) is 9.25. The van der Waals surface area contributed by atoms with Gasteiger partial charge >= 0.3 is 0 Å². The average molecular weight is 207 g/mol. The molecule has 15 heavy (non-hydrogen) atoms. The van der Waals surface area contributed by atoms with Crippen LogP contribution in [-0.4, -0.2) is 18.0 Å². The van der Waals surface area contributed by atoms with Crippen LogP contribution >= 0.6 is 0 Å². The summed E-state index contributed by atoms with van der Waals surface area (Å²) < 4.78 is 12.7. The minimum absolute atomic E-state index is 0.147. The highest BCUT2D eigenvalue weighted by Gasteiger charge is 2.15. The molecule has 1 aromatic rings. The highest BCUT2D eigenvalue weighted by Crippen LogP contribution is 2.17. The monoisotopic (exact) mass is 207 g/mol. The molecule has 0 amide bonds. The maximum atomic E-state index is 12.7. The molecule has 2 rings (SSSR count). The standard InChI is InChI=1S/C13H18FN/c1-11-3-2-8-15(9-11)10-12-4-6-13(14)7-5-12/h4-7,11H,2-3,8-10H2,1H3/t11-/m0/s1. The van der Waals surface area contributed by atoms with Gasteiger partial charge in [-0.15, -0.1) is 0 Å². The summed E-state index contributed by atoms with van der Waals surface area (Å²) in [6.45, 7) is 5.63. The zero-order valence-corrected chi connectivity index (χ0v) is 9.25. The van der Waals surface area contributed by atoms with Crippen LogP contribution in [0.2, 0.25) is 0 Å². The summed E-state index contributed by atoms with van der Waals surface area (Å²) in [7, 11) is 0. The molecule has 0 N–H and O–H groups in total. The first kappa shape index (κ1) is 10.6. The van der Waals surface area contributed by atoms with Gasteiger partial charge in [-0.3, -0.25) is 4.90 Å². The SMILES string of the molecule is C[C@H]1CCCN(Cc2ccc(F)cc2)C1. The third kappa shape index (κ3) is 3.03. The number of hydrogen-bond donors (Lipinski definition) is 0. The van der Waals surface area contributed by atoms with Crippen LogP contribution in [0.4, 0.5) is 4.39 Å². The number of nitrogens with zero attached hydrogens (tertiary/aromatic N) is 1. The van der Waals surface area contributed by atoms with E-state index in [2.05, 4.69) is 11.8 Å². The summed E-state index contributed by atoms with van der Waals surface area (Å²) in [4.78, 5) is 2.46. The first-order valence-electron chi connectivity index (χ1n) is 5.71. The van der Waals surface area contributed by atoms with Crippen molar-refractivity contribution in [3.63, 3.8) is 0 Å². The average Bonchev–Trinajstić information content (AvgIpc) is 2.22. The van der Waals surface area contributed by atoms with Crippen LogP contribution in [0.25, 0.3) is 0 Å². The van der Waals surface area contributed by atoms with Crippen LogP contribution in [-0.2, 0) is 6.54 Å². The van der Waals surface area contributed by atoms with Gasteiger partial charge in [0.2, 0.25) is 0 Å². The van der Waals surface area contributed by atoms with Gasteiger partial charge in [0.25, 0.3) is 0 Å². The van der Waals surface area contributed by atoms with E-state index in [0.717, 1.165) is 12.5 Å². The molecule has 1 aliphatic heterocycles. The molecule has 2 heteroatoms. The quantitative estimate of drug-likeness (QED) is 0.720. The van der Waals surface area contributed by atoms with Crippen LogP contribution in [0, 0.1) is 11.7 Å². The topological polar surface area (TPSA) is 3.24 Å². The maximum Gasteiger partial charge on any atom is 0.123 e. The minimum atomic E-state index is -0.147. The Morgan fingerprint density at radius 3 is 2.73 bits per heavy atom. The summed E-state index contributed by atoms with van der Waals surface area (Å²) in [5, 5.41) is 0. The van der Waals surface area contributed by atoms with E-state index >= 15 is 0 Å². The second-order valence-electron chi connectivity index (χ2n) is 4.61. The van der Waals surface area contributed by atoms with Crippen molar-refractivity contribution in [2.75, 3.05) is 13.1 Å². The number of piperidine rings is 1. The normalized spacial score (nSPS) is 22.9. The second kappa shape index (κ2) is 4.75. The number of likely N-dealkylation sites (tertiary alicyclic amines) is 1. The molecular weight excluding hydrogens is 189 g/mol. The van der Waals surface area contributed by atoms with Gasteiger partial charge in [0, 0.05) is 13.1 Å². The van der Waals surface area contributed by atoms with Gasteiger partial charge in [0.1, 0.15) is 5.82 Å². The third-order valence-corrected chi connectivity index (χ3v) is 3.06. The summed E-state index contributed by atoms with van der Waals surface area (Å²) in [5.41, 5.74) is 1.21. The molecule has 0 bridgehead atoms. The molecule has 1 heterocycles. The van der Waals surface area contributed by atoms with E-state index in [4.69, 9.17) is 0 Å². The van der Waals surface area contributed by atoms with Gasteiger partial charge in [0.15, 0.2) is 0 Å². The molecule has 0 aliphatic carbocycles. The van der Waals surface area contributed by atoms with Crippen molar-refractivity contribution >= 4 is 0 Å². The molecule has 1 atom stereocenters. The molecule has 0 radical (unpaired) electrons. The maximum absolute atomic E-state index is 12.7. The van der Waals surface area contributed by atoms with E-state index in [1.807, 2.05) is 12.1 Å². The van der Waals surface area contributed by atoms with Crippen molar-refractivity contribution in [1.29, 1.82) is 0 Å². The summed E-state index contributed by atoms with van der Waals surface area (Å²) >= 11 is 0. The van der Waals surface area contributed by atoms with Crippen LogP contribution in [0.3, 0.4) is 0 Å². The highest BCUT2D eigenvalue weighted by atomic mass is 19.1. The lowest BCUT2D eigenvalue weighted by Crippen LogP contribution is -2.33. The van der Waals surface area contributed by atoms with E-state index in [0.29, 0.717) is 0 Å². The van der Waals surface area contributed by atoms with E-state index in [9.17, 15) is 4.39 Å². The molecule has 0 spiro atoms. The number of benzene rings is 1. The molecular formula is C13H18FN. The first-order valence-corrected chi connectivity index (χ1v) is 5.71. The Kier molecular flexibility index (Phi) is 3.37. The van der Waals surface area contributed by atoms with Crippen molar-refractivity contribution in [1.82, 2.24) is 4.90 Å². The first-order chi connectivity index (χ1) is 7.24. The highest BCUT2D eigenvalue weighted by molar-refractivity contribution is 5.15. The Morgan fingerprint density at radius 1 is 1.33 bits per heavy atom. The Labute approximate surface area is 90.9 Å². The van der Waals surface area contributed by atoms with Crippen LogP contribution in [0.15, 0.2) is 24.3 Å². The van der Waals surface area contributed by atoms with Gasteiger partial charge in [-0.1, -0.05) is 19.1 Å². The van der Waals surface area contributed by atoms with Gasteiger partial charge < -0.3 is 0 Å². The van der Waals surface area contributed by atoms with E-state index in [-0.39, 0.29) is 5.82 Å². The van der Waals surface area contributed by atoms with Gasteiger partial charge in [-0.2, -0.15) is 0 Å². The van der Waals surface area contributed by atoms with Crippen molar-refractivity contribution in [3.8, 4) is 0 Å². The van der Waals surface area contributed by atoms with Crippen LogP contribution < -0.4 is 0 Å². The van der Waals surface area contributed by atoms with E-state index in [1.54, 1.807) is 12.1 Å². The molecule has 0 aromatic heterocycles. The molecule has 0 unspecified atom stereocenters. The molecule has 1 nitrogen and oxygen atoms in total. The molecule has 0 saturated carbocycles.